The monoisotopic (exact) mass is 325 g/mol. The zero-order valence-electron chi connectivity index (χ0n) is 10.4. The van der Waals surface area contributed by atoms with Crippen molar-refractivity contribution in [1.29, 1.82) is 0 Å². The number of anilines is 1. The number of rotatable bonds is 4. The molecule has 0 bridgehead atoms. The Hall–Kier alpha value is -0.910. The van der Waals surface area contributed by atoms with Crippen LogP contribution in [0.3, 0.4) is 0 Å². The van der Waals surface area contributed by atoms with Crippen molar-refractivity contribution >= 4 is 33.0 Å². The van der Waals surface area contributed by atoms with Crippen molar-refractivity contribution in [2.45, 2.75) is 19.5 Å². The Kier molecular flexibility index (Phi) is 4.37. The second kappa shape index (κ2) is 5.82. The molecular formula is C13H16BrN3S. The maximum absolute atomic E-state index is 5.90. The van der Waals surface area contributed by atoms with Gasteiger partial charge < -0.3 is 10.6 Å². The third kappa shape index (κ3) is 3.10. The maximum atomic E-state index is 5.90. The molecule has 1 heterocycles. The summed E-state index contributed by atoms with van der Waals surface area (Å²) in [5.41, 5.74) is 11.1. The number of nitrogens with two attached hydrogens (primary N) is 1. The van der Waals surface area contributed by atoms with E-state index in [1.54, 1.807) is 11.3 Å². The number of halogens is 1. The van der Waals surface area contributed by atoms with Gasteiger partial charge in [0, 0.05) is 28.6 Å². The van der Waals surface area contributed by atoms with Crippen LogP contribution in [0.4, 0.5) is 5.69 Å². The van der Waals surface area contributed by atoms with Gasteiger partial charge in [-0.3, -0.25) is 0 Å². The van der Waals surface area contributed by atoms with Crippen molar-refractivity contribution in [3.63, 3.8) is 0 Å². The Labute approximate surface area is 120 Å². The molecule has 0 aliphatic rings. The second-order valence-electron chi connectivity index (χ2n) is 4.33. The molecule has 18 heavy (non-hydrogen) atoms. The minimum atomic E-state index is 0.0391. The summed E-state index contributed by atoms with van der Waals surface area (Å²) in [6.07, 6.45) is 0. The van der Waals surface area contributed by atoms with E-state index >= 15 is 0 Å². The molecule has 2 rings (SSSR count). The molecule has 2 N–H and O–H groups in total. The molecule has 0 radical (unpaired) electrons. The van der Waals surface area contributed by atoms with Crippen LogP contribution < -0.4 is 10.6 Å². The highest BCUT2D eigenvalue weighted by atomic mass is 79.9. The Morgan fingerprint density at radius 3 is 2.83 bits per heavy atom. The summed E-state index contributed by atoms with van der Waals surface area (Å²) in [6.45, 7) is 2.80. The molecule has 0 aliphatic carbocycles. The minimum Gasteiger partial charge on any atom is -0.369 e. The molecule has 0 amide bonds. The number of benzene rings is 1. The summed E-state index contributed by atoms with van der Waals surface area (Å²) in [4.78, 5) is 6.47. The van der Waals surface area contributed by atoms with E-state index in [0.717, 1.165) is 28.0 Å². The van der Waals surface area contributed by atoms with Crippen LogP contribution in [0.5, 0.6) is 0 Å². The van der Waals surface area contributed by atoms with Gasteiger partial charge in [0.25, 0.3) is 0 Å². The van der Waals surface area contributed by atoms with Crippen LogP contribution >= 0.6 is 27.3 Å². The first-order chi connectivity index (χ1) is 8.58. The van der Waals surface area contributed by atoms with E-state index in [1.165, 1.54) is 0 Å². The Morgan fingerprint density at radius 1 is 1.50 bits per heavy atom. The van der Waals surface area contributed by atoms with E-state index in [0.29, 0.717) is 0 Å². The molecule has 1 atom stereocenters. The first-order valence-corrected chi connectivity index (χ1v) is 7.44. The third-order valence-corrected chi connectivity index (χ3v) is 4.12. The maximum Gasteiger partial charge on any atom is 0.0795 e. The van der Waals surface area contributed by atoms with Gasteiger partial charge in [-0.15, -0.1) is 11.3 Å². The van der Waals surface area contributed by atoms with Gasteiger partial charge in [-0.25, -0.2) is 4.98 Å². The summed E-state index contributed by atoms with van der Waals surface area (Å²) in [5, 5.41) is 2.07. The molecular weight excluding hydrogens is 310 g/mol. The van der Waals surface area contributed by atoms with Crippen LogP contribution in [0, 0.1) is 0 Å². The number of hydrogen-bond acceptors (Lipinski definition) is 4. The normalized spacial score (nSPS) is 12.4. The van der Waals surface area contributed by atoms with Gasteiger partial charge in [-0.05, 0) is 24.6 Å². The van der Waals surface area contributed by atoms with Gasteiger partial charge in [0.1, 0.15) is 0 Å². The Morgan fingerprint density at radius 2 is 2.28 bits per heavy atom. The molecule has 0 spiro atoms. The van der Waals surface area contributed by atoms with Gasteiger partial charge in [0.2, 0.25) is 0 Å². The lowest BCUT2D eigenvalue weighted by Gasteiger charge is -2.20. The minimum absolute atomic E-state index is 0.0391. The zero-order chi connectivity index (χ0) is 13.1. The van der Waals surface area contributed by atoms with E-state index in [-0.39, 0.29) is 6.04 Å². The van der Waals surface area contributed by atoms with Crippen LogP contribution in [0.1, 0.15) is 24.2 Å². The van der Waals surface area contributed by atoms with Gasteiger partial charge in [-0.1, -0.05) is 22.0 Å². The average Bonchev–Trinajstić information content (AvgIpc) is 2.81. The van der Waals surface area contributed by atoms with E-state index in [4.69, 9.17) is 5.73 Å². The van der Waals surface area contributed by atoms with Crippen molar-refractivity contribution in [2.75, 3.05) is 11.9 Å². The van der Waals surface area contributed by atoms with Crippen molar-refractivity contribution in [2.24, 2.45) is 5.73 Å². The van der Waals surface area contributed by atoms with Crippen LogP contribution in [0.25, 0.3) is 0 Å². The molecule has 5 heteroatoms. The molecule has 96 valence electrons. The van der Waals surface area contributed by atoms with Gasteiger partial charge >= 0.3 is 0 Å². The molecule has 2 aromatic rings. The van der Waals surface area contributed by atoms with E-state index in [1.807, 2.05) is 12.4 Å². The lowest BCUT2D eigenvalue weighted by Crippen LogP contribution is -2.17. The lowest BCUT2D eigenvalue weighted by atomic mass is 10.1. The smallest absolute Gasteiger partial charge is 0.0795 e. The zero-order valence-corrected chi connectivity index (χ0v) is 12.8. The van der Waals surface area contributed by atoms with E-state index < -0.39 is 0 Å². The second-order valence-corrected chi connectivity index (χ2v) is 5.90. The van der Waals surface area contributed by atoms with Crippen molar-refractivity contribution in [3.05, 3.63) is 44.8 Å². The molecule has 1 aromatic heterocycles. The topological polar surface area (TPSA) is 42.1 Å². The van der Waals surface area contributed by atoms with Crippen molar-refractivity contribution in [1.82, 2.24) is 4.98 Å². The van der Waals surface area contributed by atoms with Crippen LogP contribution in [0.2, 0.25) is 0 Å². The third-order valence-electron chi connectivity index (χ3n) is 2.80. The molecule has 0 fully saturated rings. The molecule has 1 aromatic carbocycles. The van der Waals surface area contributed by atoms with Crippen molar-refractivity contribution < 1.29 is 0 Å². The standard InChI is InChI=1S/C13H16BrN3S/c1-9(15)12-4-3-11(5-13(12)14)17(2)6-10-7-18-8-16-10/h3-5,7-9H,6,15H2,1-2H3/t9-/m0/s1. The summed E-state index contributed by atoms with van der Waals surface area (Å²) >= 11 is 5.20. The van der Waals surface area contributed by atoms with Gasteiger partial charge in [0.15, 0.2) is 0 Å². The molecule has 0 saturated carbocycles. The SMILES string of the molecule is C[C@H](N)c1ccc(N(C)Cc2cscn2)cc1Br. The Bertz CT molecular complexity index is 511. The first-order valence-electron chi connectivity index (χ1n) is 5.71. The summed E-state index contributed by atoms with van der Waals surface area (Å²) in [5.74, 6) is 0. The molecule has 0 saturated heterocycles. The first kappa shape index (κ1) is 13.5. The average molecular weight is 326 g/mol. The highest BCUT2D eigenvalue weighted by Gasteiger charge is 2.09. The summed E-state index contributed by atoms with van der Waals surface area (Å²) in [7, 11) is 2.06. The van der Waals surface area contributed by atoms with Gasteiger partial charge in [-0.2, -0.15) is 0 Å². The predicted octanol–water partition coefficient (Wildman–Crippen LogP) is 3.56. The van der Waals surface area contributed by atoms with Crippen LogP contribution in [0.15, 0.2) is 33.6 Å². The number of nitrogens with zero attached hydrogens (tertiary/aromatic N) is 2. The van der Waals surface area contributed by atoms with Crippen molar-refractivity contribution in [3.8, 4) is 0 Å². The quantitative estimate of drug-likeness (QED) is 0.934. The fraction of sp³-hybridized carbons (Fsp3) is 0.308. The summed E-state index contributed by atoms with van der Waals surface area (Å²) in [6, 6.07) is 6.31. The lowest BCUT2D eigenvalue weighted by molar-refractivity contribution is 0.811. The van der Waals surface area contributed by atoms with Crippen LogP contribution in [-0.4, -0.2) is 12.0 Å². The van der Waals surface area contributed by atoms with E-state index in [9.17, 15) is 0 Å². The highest BCUT2D eigenvalue weighted by Crippen LogP contribution is 2.27. The summed E-state index contributed by atoms with van der Waals surface area (Å²) < 4.78 is 1.06. The van der Waals surface area contributed by atoms with Crippen LogP contribution in [-0.2, 0) is 6.54 Å². The number of hydrogen-bond donors (Lipinski definition) is 1. The largest absolute Gasteiger partial charge is 0.369 e. The number of aromatic nitrogens is 1. The van der Waals surface area contributed by atoms with E-state index in [2.05, 4.69) is 56.4 Å². The van der Waals surface area contributed by atoms with Gasteiger partial charge in [0.05, 0.1) is 17.7 Å². The molecule has 0 unspecified atom stereocenters. The highest BCUT2D eigenvalue weighted by molar-refractivity contribution is 9.10. The molecule has 0 aliphatic heterocycles. The number of thiazole rings is 1. The predicted molar refractivity (Wildman–Crippen MR) is 81.0 cm³/mol. The fourth-order valence-corrected chi connectivity index (χ4v) is 3.05. The Balaban J connectivity index is 2.16. The molecule has 3 nitrogen and oxygen atoms in total. The fourth-order valence-electron chi connectivity index (χ4n) is 1.77.